The largest absolute Gasteiger partial charge is 0.361 e. The molecule has 1 aromatic heterocycles. The van der Waals surface area contributed by atoms with Crippen molar-refractivity contribution in [3.63, 3.8) is 0 Å². The van der Waals surface area contributed by atoms with E-state index in [0.717, 1.165) is 15.6 Å². The smallest absolute Gasteiger partial charge is 0.0510 e. The highest BCUT2D eigenvalue weighted by Crippen LogP contribution is 2.25. The zero-order chi connectivity index (χ0) is 8.55. The SMILES string of the molecule is NCc1ccc(Br)c2cc[nH]c12. The number of rotatable bonds is 1. The van der Waals surface area contributed by atoms with E-state index in [-0.39, 0.29) is 0 Å². The fourth-order valence-corrected chi connectivity index (χ4v) is 1.81. The third kappa shape index (κ3) is 1.06. The van der Waals surface area contributed by atoms with Crippen molar-refractivity contribution in [2.24, 2.45) is 5.73 Å². The number of H-pyrrole nitrogens is 1. The van der Waals surface area contributed by atoms with Crippen LogP contribution in [0.3, 0.4) is 0 Å². The van der Waals surface area contributed by atoms with Crippen LogP contribution in [0.15, 0.2) is 28.9 Å². The molecule has 0 aliphatic rings. The van der Waals surface area contributed by atoms with Gasteiger partial charge in [-0.15, -0.1) is 0 Å². The van der Waals surface area contributed by atoms with E-state index in [1.54, 1.807) is 0 Å². The van der Waals surface area contributed by atoms with Gasteiger partial charge in [-0.2, -0.15) is 0 Å². The van der Waals surface area contributed by atoms with E-state index in [1.807, 2.05) is 24.4 Å². The van der Waals surface area contributed by atoms with E-state index >= 15 is 0 Å². The highest BCUT2D eigenvalue weighted by atomic mass is 79.9. The van der Waals surface area contributed by atoms with Crippen LogP contribution in [-0.2, 0) is 6.54 Å². The molecule has 2 nitrogen and oxygen atoms in total. The molecule has 3 N–H and O–H groups in total. The monoisotopic (exact) mass is 224 g/mol. The van der Waals surface area contributed by atoms with Gasteiger partial charge >= 0.3 is 0 Å². The average Bonchev–Trinajstić information content (AvgIpc) is 2.54. The Morgan fingerprint density at radius 3 is 2.92 bits per heavy atom. The van der Waals surface area contributed by atoms with Crippen molar-refractivity contribution in [3.8, 4) is 0 Å². The molecule has 12 heavy (non-hydrogen) atoms. The van der Waals surface area contributed by atoms with E-state index < -0.39 is 0 Å². The molecular formula is C9H9BrN2. The fraction of sp³-hybridized carbons (Fsp3) is 0.111. The molecule has 0 saturated heterocycles. The zero-order valence-corrected chi connectivity index (χ0v) is 8.06. The number of halogens is 1. The van der Waals surface area contributed by atoms with Gasteiger partial charge in [-0.1, -0.05) is 22.0 Å². The first-order valence-corrected chi connectivity index (χ1v) is 4.57. The maximum Gasteiger partial charge on any atom is 0.0510 e. The Morgan fingerprint density at radius 2 is 2.17 bits per heavy atom. The second kappa shape index (κ2) is 2.92. The van der Waals surface area contributed by atoms with Crippen molar-refractivity contribution in [1.29, 1.82) is 0 Å². The van der Waals surface area contributed by atoms with Gasteiger partial charge in [0.2, 0.25) is 0 Å². The van der Waals surface area contributed by atoms with Crippen LogP contribution in [0.4, 0.5) is 0 Å². The molecule has 0 spiro atoms. The fourth-order valence-electron chi connectivity index (χ4n) is 1.35. The molecular weight excluding hydrogens is 216 g/mol. The topological polar surface area (TPSA) is 41.8 Å². The Labute approximate surface area is 78.9 Å². The molecule has 0 aliphatic carbocycles. The lowest BCUT2D eigenvalue weighted by atomic mass is 10.1. The first kappa shape index (κ1) is 7.83. The van der Waals surface area contributed by atoms with Crippen molar-refractivity contribution in [2.45, 2.75) is 6.54 Å². The summed E-state index contributed by atoms with van der Waals surface area (Å²) >= 11 is 3.48. The molecule has 0 fully saturated rings. The van der Waals surface area contributed by atoms with Crippen LogP contribution >= 0.6 is 15.9 Å². The van der Waals surface area contributed by atoms with Gasteiger partial charge in [0, 0.05) is 22.6 Å². The maximum atomic E-state index is 5.59. The molecule has 3 heteroatoms. The number of fused-ring (bicyclic) bond motifs is 1. The standard InChI is InChI=1S/C9H9BrN2/c10-8-2-1-6(5-11)9-7(8)3-4-12-9/h1-4,12H,5,11H2. The lowest BCUT2D eigenvalue weighted by molar-refractivity contribution is 1.08. The van der Waals surface area contributed by atoms with E-state index in [2.05, 4.69) is 20.9 Å². The summed E-state index contributed by atoms with van der Waals surface area (Å²) in [6.07, 6.45) is 1.93. The van der Waals surface area contributed by atoms with Gasteiger partial charge in [0.1, 0.15) is 0 Å². The minimum absolute atomic E-state index is 0.574. The molecule has 0 amide bonds. The number of aromatic nitrogens is 1. The molecule has 0 atom stereocenters. The quantitative estimate of drug-likeness (QED) is 0.768. The molecule has 1 aromatic carbocycles. The highest BCUT2D eigenvalue weighted by Gasteiger charge is 2.02. The summed E-state index contributed by atoms with van der Waals surface area (Å²) in [5, 5.41) is 1.19. The van der Waals surface area contributed by atoms with Crippen molar-refractivity contribution < 1.29 is 0 Å². The van der Waals surface area contributed by atoms with Crippen LogP contribution in [0, 0.1) is 0 Å². The number of nitrogens with one attached hydrogen (secondary N) is 1. The molecule has 2 aromatic rings. The normalized spacial score (nSPS) is 10.8. The van der Waals surface area contributed by atoms with Crippen molar-refractivity contribution in [3.05, 3.63) is 34.4 Å². The van der Waals surface area contributed by atoms with Gasteiger partial charge in [0.05, 0.1) is 5.52 Å². The minimum atomic E-state index is 0.574. The lowest BCUT2D eigenvalue weighted by Crippen LogP contribution is -1.96. The number of aromatic amines is 1. The summed E-state index contributed by atoms with van der Waals surface area (Å²) in [5.41, 5.74) is 7.87. The van der Waals surface area contributed by atoms with Gasteiger partial charge in [-0.25, -0.2) is 0 Å². The second-order valence-corrected chi connectivity index (χ2v) is 3.53. The summed E-state index contributed by atoms with van der Waals surface area (Å²) < 4.78 is 1.11. The maximum absolute atomic E-state index is 5.59. The van der Waals surface area contributed by atoms with E-state index in [9.17, 15) is 0 Å². The van der Waals surface area contributed by atoms with Gasteiger partial charge in [0.25, 0.3) is 0 Å². The molecule has 0 bridgehead atoms. The number of nitrogens with two attached hydrogens (primary N) is 1. The summed E-state index contributed by atoms with van der Waals surface area (Å²) in [6.45, 7) is 0.574. The van der Waals surface area contributed by atoms with Crippen LogP contribution < -0.4 is 5.73 Å². The zero-order valence-electron chi connectivity index (χ0n) is 6.47. The highest BCUT2D eigenvalue weighted by molar-refractivity contribution is 9.10. The van der Waals surface area contributed by atoms with E-state index in [4.69, 9.17) is 5.73 Å². The number of benzene rings is 1. The summed E-state index contributed by atoms with van der Waals surface area (Å²) in [6, 6.07) is 6.10. The second-order valence-electron chi connectivity index (χ2n) is 2.68. The molecule has 0 radical (unpaired) electrons. The molecule has 62 valence electrons. The van der Waals surface area contributed by atoms with E-state index in [0.29, 0.717) is 6.54 Å². The summed E-state index contributed by atoms with van der Waals surface area (Å²) in [7, 11) is 0. The minimum Gasteiger partial charge on any atom is -0.361 e. The Morgan fingerprint density at radius 1 is 1.33 bits per heavy atom. The third-order valence-electron chi connectivity index (χ3n) is 1.98. The van der Waals surface area contributed by atoms with Crippen LogP contribution in [-0.4, -0.2) is 4.98 Å². The predicted octanol–water partition coefficient (Wildman–Crippen LogP) is 2.39. The average molecular weight is 225 g/mol. The Hall–Kier alpha value is -0.800. The number of hydrogen-bond acceptors (Lipinski definition) is 1. The van der Waals surface area contributed by atoms with Gasteiger partial charge in [-0.3, -0.25) is 0 Å². The van der Waals surface area contributed by atoms with Gasteiger partial charge in [0.15, 0.2) is 0 Å². The first-order valence-electron chi connectivity index (χ1n) is 3.77. The molecule has 1 heterocycles. The lowest BCUT2D eigenvalue weighted by Gasteiger charge is -2.00. The van der Waals surface area contributed by atoms with Crippen molar-refractivity contribution >= 4 is 26.8 Å². The summed E-state index contributed by atoms with van der Waals surface area (Å²) in [4.78, 5) is 3.17. The molecule has 0 saturated carbocycles. The van der Waals surface area contributed by atoms with Gasteiger partial charge in [-0.05, 0) is 17.7 Å². The Bertz CT molecular complexity index is 406. The third-order valence-corrected chi connectivity index (χ3v) is 2.67. The van der Waals surface area contributed by atoms with Crippen molar-refractivity contribution in [1.82, 2.24) is 4.98 Å². The van der Waals surface area contributed by atoms with Crippen LogP contribution in [0.5, 0.6) is 0 Å². The Balaban J connectivity index is 2.82. The molecule has 0 unspecified atom stereocenters. The van der Waals surface area contributed by atoms with Crippen LogP contribution in [0.25, 0.3) is 10.9 Å². The Kier molecular flexibility index (Phi) is 1.90. The van der Waals surface area contributed by atoms with Gasteiger partial charge < -0.3 is 10.7 Å². The molecule has 2 rings (SSSR count). The number of hydrogen-bond donors (Lipinski definition) is 2. The predicted molar refractivity (Wildman–Crippen MR) is 53.9 cm³/mol. The van der Waals surface area contributed by atoms with Crippen LogP contribution in [0.1, 0.15) is 5.56 Å². The molecule has 0 aliphatic heterocycles. The summed E-state index contributed by atoms with van der Waals surface area (Å²) in [5.74, 6) is 0. The van der Waals surface area contributed by atoms with E-state index in [1.165, 1.54) is 5.39 Å². The first-order chi connectivity index (χ1) is 5.83. The van der Waals surface area contributed by atoms with Crippen LogP contribution in [0.2, 0.25) is 0 Å². The van der Waals surface area contributed by atoms with Crippen molar-refractivity contribution in [2.75, 3.05) is 0 Å².